The van der Waals surface area contributed by atoms with E-state index in [9.17, 15) is 82.8 Å². The number of aliphatic carboxylic acids is 1. The van der Waals surface area contributed by atoms with Crippen molar-refractivity contribution in [3.05, 3.63) is 90.1 Å². The summed E-state index contributed by atoms with van der Waals surface area (Å²) >= 11 is 0. The smallest absolute Gasteiger partial charge is 0.328 e. The summed E-state index contributed by atoms with van der Waals surface area (Å²) in [5, 5.41) is 68.4. The van der Waals surface area contributed by atoms with Crippen molar-refractivity contribution in [2.24, 2.45) is 45.7 Å². The van der Waals surface area contributed by atoms with Gasteiger partial charge in [-0.1, -0.05) is 90.1 Å². The van der Waals surface area contributed by atoms with Crippen LogP contribution in [0.25, 0.3) is 10.9 Å². The number of carbonyl (C=O) groups is 13. The Balaban J connectivity index is 1.61. The first kappa shape index (κ1) is 83.8. The molecule has 12 amide bonds. The van der Waals surface area contributed by atoms with E-state index in [2.05, 4.69) is 78.4 Å². The van der Waals surface area contributed by atoms with Crippen LogP contribution in [0.3, 0.4) is 0 Å². The van der Waals surface area contributed by atoms with E-state index in [1.165, 1.54) is 26.4 Å². The lowest BCUT2D eigenvalue weighted by molar-refractivity contribution is -0.143. The molecule has 2 heterocycles. The molecule has 36 heteroatoms. The Morgan fingerprint density at radius 1 is 0.529 bits per heavy atom. The SMILES string of the molecule is CC(C)C[C@H](N)C(=O)N[C@H](C(=O)N[C@H](C(=O)N[C@@H](Cc1ccccc1)C(=O)NCC(=O)N[C@H](C(=O)N[C@@H](Cc1cnc[nH]1)C(=O)N[C@@H](Cc1c[nH]c2ccccc12)C(=O)N[C@H](C(=O)N[C@@H](CCCN=C(N)N)C(=O)N[C@@H](CCC(N)=O)C(=O)N[C@@H](CO)C(=O)O)C(C)C)C(C)C)[C@@H](C)O)[C@@H](C)O. The Morgan fingerprint density at radius 3 is 1.56 bits per heavy atom. The molecule has 0 saturated heterocycles. The van der Waals surface area contributed by atoms with E-state index in [1.807, 2.05) is 13.8 Å². The molecule has 2 aromatic heterocycles. The maximum atomic E-state index is 14.9. The van der Waals surface area contributed by atoms with Crippen LogP contribution in [0.1, 0.15) is 104 Å². The van der Waals surface area contributed by atoms with Crippen LogP contribution in [0.15, 0.2) is 78.3 Å². The number of nitrogens with one attached hydrogen (secondary N) is 13. The number of aromatic nitrogens is 3. The van der Waals surface area contributed by atoms with Crippen LogP contribution < -0.4 is 81.4 Å². The van der Waals surface area contributed by atoms with Crippen LogP contribution in [0.2, 0.25) is 0 Å². The molecule has 36 nitrogen and oxygen atoms in total. The van der Waals surface area contributed by atoms with Crippen LogP contribution >= 0.6 is 0 Å². The van der Waals surface area contributed by atoms with E-state index in [4.69, 9.17) is 22.9 Å². The first-order valence-corrected chi connectivity index (χ1v) is 33.3. The summed E-state index contributed by atoms with van der Waals surface area (Å²) in [7, 11) is 0. The third-order valence-corrected chi connectivity index (χ3v) is 16.1. The second-order valence-electron chi connectivity index (χ2n) is 25.8. The number of fused-ring (bicyclic) bond motifs is 1. The number of nitrogens with two attached hydrogens (primary N) is 4. The van der Waals surface area contributed by atoms with Gasteiger partial charge in [-0.25, -0.2) is 9.78 Å². The third kappa shape index (κ3) is 27.5. The molecule has 4 rings (SSSR count). The lowest BCUT2D eigenvalue weighted by Gasteiger charge is -2.29. The van der Waals surface area contributed by atoms with Crippen molar-refractivity contribution in [2.45, 2.75) is 185 Å². The fourth-order valence-corrected chi connectivity index (χ4v) is 10.5. The number of benzene rings is 2. The summed E-state index contributed by atoms with van der Waals surface area (Å²) in [4.78, 5) is 192. The number of rotatable bonds is 43. The molecule has 0 aliphatic carbocycles. The van der Waals surface area contributed by atoms with Crippen LogP contribution in [0, 0.1) is 17.8 Å². The van der Waals surface area contributed by atoms with Crippen molar-refractivity contribution in [3.63, 3.8) is 0 Å². The Morgan fingerprint density at radius 2 is 1.01 bits per heavy atom. The quantitative estimate of drug-likeness (QED) is 0.0112. The van der Waals surface area contributed by atoms with Crippen LogP contribution in [0.5, 0.6) is 0 Å². The number of aromatic amines is 2. The predicted molar refractivity (Wildman–Crippen MR) is 370 cm³/mol. The number of carboxylic acids is 1. The fourth-order valence-electron chi connectivity index (χ4n) is 10.5. The van der Waals surface area contributed by atoms with Crippen molar-refractivity contribution in [3.8, 4) is 0 Å². The summed E-state index contributed by atoms with van der Waals surface area (Å²) in [5.41, 5.74) is 24.4. The molecule has 0 aliphatic rings. The van der Waals surface area contributed by atoms with Crippen molar-refractivity contribution < 1.29 is 82.8 Å². The van der Waals surface area contributed by atoms with Gasteiger partial charge in [0.2, 0.25) is 70.9 Å². The summed E-state index contributed by atoms with van der Waals surface area (Å²) < 4.78 is 0. The van der Waals surface area contributed by atoms with E-state index in [0.717, 1.165) is 0 Å². The van der Waals surface area contributed by atoms with Crippen LogP contribution in [-0.4, -0.2) is 217 Å². The molecule has 0 fully saturated rings. The molecule has 102 heavy (non-hydrogen) atoms. The van der Waals surface area contributed by atoms with E-state index in [0.29, 0.717) is 27.7 Å². The summed E-state index contributed by atoms with van der Waals surface area (Å²) in [6.45, 7) is 10.5. The molecule has 0 spiro atoms. The van der Waals surface area contributed by atoms with E-state index >= 15 is 0 Å². The highest BCUT2D eigenvalue weighted by atomic mass is 16.4. The van der Waals surface area contributed by atoms with Gasteiger partial charge in [-0.3, -0.25) is 62.5 Å². The molecule has 25 N–H and O–H groups in total. The number of aliphatic hydroxyl groups is 3. The van der Waals surface area contributed by atoms with Gasteiger partial charge in [0.05, 0.1) is 37.7 Å². The number of hydrogen-bond donors (Lipinski definition) is 21. The van der Waals surface area contributed by atoms with Gasteiger partial charge < -0.3 is 112 Å². The minimum Gasteiger partial charge on any atom is -0.480 e. The second kappa shape index (κ2) is 41.2. The van der Waals surface area contributed by atoms with Gasteiger partial charge in [-0.05, 0) is 74.5 Å². The van der Waals surface area contributed by atoms with Gasteiger partial charge in [-0.15, -0.1) is 0 Å². The predicted octanol–water partition coefficient (Wildman–Crippen LogP) is -5.27. The highest BCUT2D eigenvalue weighted by Gasteiger charge is 2.39. The molecule has 560 valence electrons. The number of carbonyl (C=O) groups excluding carboxylic acids is 12. The molecular formula is C66H99N19O17. The molecule has 0 aliphatic heterocycles. The number of hydrogen-bond acceptors (Lipinski definition) is 19. The minimum atomic E-state index is -1.80. The van der Waals surface area contributed by atoms with E-state index in [-0.39, 0.29) is 56.9 Å². The summed E-state index contributed by atoms with van der Waals surface area (Å²) in [5.74, 6) is -14.8. The number of aliphatic imine (C=N–C) groups is 1. The van der Waals surface area contributed by atoms with Gasteiger partial charge in [-0.2, -0.15) is 0 Å². The number of para-hydroxylation sites is 1. The van der Waals surface area contributed by atoms with E-state index in [1.54, 1.807) is 88.5 Å². The topological polar surface area (TPSA) is 596 Å². The number of primary amides is 1. The first-order valence-electron chi connectivity index (χ1n) is 33.3. The van der Waals surface area contributed by atoms with Crippen LogP contribution in [-0.2, 0) is 81.6 Å². The summed E-state index contributed by atoms with van der Waals surface area (Å²) in [6.07, 6.45) is -0.276. The standard InChI is InChI=1S/C66H99N19O17/c1-32(2)23-41(67)55(91)84-54(36(8)88)64(100)85-53(35(7)87)63(99)79-45(24-37-15-10-9-11-16-37)56(92)74-29-50(90)82-51(33(3)4)61(97)80-47(26-39-28-71-31-75-39)59(95)78-46(25-38-27-73-42-18-13-12-17-40(38)42)60(96)83-52(34(5)6)62(98)77-43(19-14-22-72-66(69)70)57(93)76-44(20-21-49(68)89)58(94)81-48(30-86)65(101)102/h9-13,15-18,27-28,31-36,41,43-48,51-54,73,86-88H,14,19-26,29-30,67H2,1-8H3,(H2,68,89)(H,71,75)(H,74,92)(H,76,93)(H,77,98)(H,78,95)(H,79,99)(H,80,97)(H,81,94)(H,82,90)(H,83,96)(H,84,91)(H,85,100)(H,101,102)(H4,69,70,72)/t35-,36-,41+,43+,44+,45+,46+,47+,48+,51+,52+,53+,54+/m1/s1. The second-order valence-corrected chi connectivity index (χ2v) is 25.8. The number of carboxylic acid groups (broad SMARTS) is 1. The largest absolute Gasteiger partial charge is 0.480 e. The fraction of sp³-hybridized carbons (Fsp3) is 0.530. The number of amides is 12. The lowest BCUT2D eigenvalue weighted by Crippen LogP contribution is -2.62. The maximum absolute atomic E-state index is 14.9. The summed E-state index contributed by atoms with van der Waals surface area (Å²) in [6, 6.07) is -1.40. The van der Waals surface area contributed by atoms with Crippen molar-refractivity contribution in [1.29, 1.82) is 0 Å². The molecule has 2 aromatic carbocycles. The van der Waals surface area contributed by atoms with Gasteiger partial charge >= 0.3 is 5.97 Å². The Kier molecular flexibility index (Phi) is 33.9. The Labute approximate surface area is 588 Å². The number of H-pyrrole nitrogens is 2. The number of imidazole rings is 1. The first-order chi connectivity index (χ1) is 48.1. The maximum Gasteiger partial charge on any atom is 0.328 e. The Bertz CT molecular complexity index is 3530. The molecule has 4 aromatic rings. The third-order valence-electron chi connectivity index (χ3n) is 16.1. The highest BCUT2D eigenvalue weighted by molar-refractivity contribution is 6.00. The van der Waals surface area contributed by atoms with Gasteiger partial charge in [0.1, 0.15) is 60.4 Å². The molecule has 0 radical (unpaired) electrons. The number of nitrogens with zero attached hydrogens (tertiary/aromatic N) is 2. The molecular weight excluding hydrogens is 1330 g/mol. The highest BCUT2D eigenvalue weighted by Crippen LogP contribution is 2.20. The average molecular weight is 1430 g/mol. The zero-order valence-corrected chi connectivity index (χ0v) is 58.2. The normalized spacial score (nSPS) is 15.1. The zero-order valence-electron chi connectivity index (χ0n) is 58.2. The monoisotopic (exact) mass is 1430 g/mol. The molecule has 13 atom stereocenters. The number of aliphatic hydroxyl groups excluding tert-OH is 3. The lowest BCUT2D eigenvalue weighted by atomic mass is 9.99. The van der Waals surface area contributed by atoms with Crippen molar-refractivity contribution >= 4 is 93.7 Å². The van der Waals surface area contributed by atoms with Crippen molar-refractivity contribution in [2.75, 3.05) is 19.7 Å². The number of guanidine groups is 1. The molecule has 0 bridgehead atoms. The Hall–Kier alpha value is -10.6. The van der Waals surface area contributed by atoms with E-state index < -0.39 is 193 Å². The van der Waals surface area contributed by atoms with Crippen LogP contribution in [0.4, 0.5) is 0 Å². The van der Waals surface area contributed by atoms with Gasteiger partial charge in [0.15, 0.2) is 5.96 Å². The van der Waals surface area contributed by atoms with Crippen molar-refractivity contribution in [1.82, 2.24) is 73.4 Å². The van der Waals surface area contributed by atoms with Gasteiger partial charge in [0, 0.05) is 61.2 Å². The minimum absolute atomic E-state index is 0.0106. The molecule has 0 saturated carbocycles. The average Bonchev–Trinajstić information content (AvgIpc) is 1.61. The molecule has 0 unspecified atom stereocenters. The zero-order chi connectivity index (χ0) is 76.1. The van der Waals surface area contributed by atoms with Gasteiger partial charge in [0.25, 0.3) is 0 Å².